The highest BCUT2D eigenvalue weighted by Crippen LogP contribution is 2.18. The molecule has 6 heteroatoms. The van der Waals surface area contributed by atoms with E-state index in [9.17, 15) is 9.90 Å². The van der Waals surface area contributed by atoms with Crippen molar-refractivity contribution >= 4 is 22.3 Å². The van der Waals surface area contributed by atoms with Crippen molar-refractivity contribution in [3.05, 3.63) is 23.5 Å². The first-order chi connectivity index (χ1) is 8.70. The number of carbonyl (C=O) groups is 1. The van der Waals surface area contributed by atoms with E-state index in [2.05, 4.69) is 4.98 Å². The predicted octanol–water partition coefficient (Wildman–Crippen LogP) is 1.77. The van der Waals surface area contributed by atoms with Crippen molar-refractivity contribution < 1.29 is 9.90 Å². The van der Waals surface area contributed by atoms with E-state index in [-0.39, 0.29) is 5.92 Å². The number of hydrogen-bond donors (Lipinski definition) is 2. The molecule has 0 saturated carbocycles. The van der Waals surface area contributed by atoms with E-state index < -0.39 is 5.97 Å². The van der Waals surface area contributed by atoms with Crippen LogP contribution in [0.2, 0.25) is 0 Å². The van der Waals surface area contributed by atoms with Crippen LogP contribution in [-0.4, -0.2) is 27.0 Å². The van der Waals surface area contributed by atoms with Gasteiger partial charge in [0.15, 0.2) is 4.96 Å². The highest BCUT2D eigenvalue weighted by atomic mass is 32.1. The normalized spacial score (nSPS) is 12.9. The van der Waals surface area contributed by atoms with E-state index in [0.717, 1.165) is 23.5 Å². The molecule has 18 heavy (non-hydrogen) atoms. The Hall–Kier alpha value is -1.40. The van der Waals surface area contributed by atoms with E-state index in [4.69, 9.17) is 5.73 Å². The lowest BCUT2D eigenvalue weighted by molar-refractivity contribution is -0.142. The molecule has 98 valence electrons. The fourth-order valence-electron chi connectivity index (χ4n) is 1.97. The summed E-state index contributed by atoms with van der Waals surface area (Å²) < 4.78 is 1.93. The Kier molecular flexibility index (Phi) is 4.33. The molecule has 0 aliphatic heterocycles. The maximum Gasteiger partial charge on any atom is 0.306 e. The van der Waals surface area contributed by atoms with Crippen LogP contribution >= 0.6 is 11.3 Å². The molecule has 0 aromatic carbocycles. The molecule has 3 N–H and O–H groups in total. The number of imidazole rings is 1. The van der Waals surface area contributed by atoms with Crippen molar-refractivity contribution in [2.24, 2.45) is 11.7 Å². The molecule has 0 spiro atoms. The zero-order valence-corrected chi connectivity index (χ0v) is 10.9. The fourth-order valence-corrected chi connectivity index (χ4v) is 2.69. The first-order valence-corrected chi connectivity index (χ1v) is 6.92. The van der Waals surface area contributed by atoms with Gasteiger partial charge in [-0.25, -0.2) is 4.98 Å². The van der Waals surface area contributed by atoms with Gasteiger partial charge >= 0.3 is 5.97 Å². The van der Waals surface area contributed by atoms with Crippen LogP contribution in [0.15, 0.2) is 17.8 Å². The van der Waals surface area contributed by atoms with Gasteiger partial charge in [0.25, 0.3) is 0 Å². The summed E-state index contributed by atoms with van der Waals surface area (Å²) in [5, 5.41) is 11.2. The van der Waals surface area contributed by atoms with Crippen LogP contribution < -0.4 is 5.73 Å². The van der Waals surface area contributed by atoms with Gasteiger partial charge in [-0.3, -0.25) is 9.20 Å². The Labute approximate surface area is 109 Å². The monoisotopic (exact) mass is 267 g/mol. The van der Waals surface area contributed by atoms with Crippen molar-refractivity contribution in [1.29, 1.82) is 0 Å². The van der Waals surface area contributed by atoms with Gasteiger partial charge in [0.1, 0.15) is 0 Å². The topological polar surface area (TPSA) is 80.6 Å². The molecular formula is C12H17N3O2S. The average molecular weight is 267 g/mol. The lowest BCUT2D eigenvalue weighted by atomic mass is 9.97. The van der Waals surface area contributed by atoms with Crippen molar-refractivity contribution in [2.45, 2.75) is 25.7 Å². The summed E-state index contributed by atoms with van der Waals surface area (Å²) >= 11 is 1.55. The Morgan fingerprint density at radius 3 is 3.06 bits per heavy atom. The molecule has 0 aliphatic carbocycles. The second-order valence-corrected chi connectivity index (χ2v) is 5.22. The molecule has 0 radical (unpaired) electrons. The minimum Gasteiger partial charge on any atom is -0.481 e. The summed E-state index contributed by atoms with van der Waals surface area (Å²) in [5.41, 5.74) is 6.27. The highest BCUT2D eigenvalue weighted by molar-refractivity contribution is 7.15. The Morgan fingerprint density at radius 1 is 1.56 bits per heavy atom. The number of unbranched alkanes of at least 4 members (excludes halogenated alkanes) is 1. The molecule has 0 saturated heterocycles. The molecule has 2 rings (SSSR count). The predicted molar refractivity (Wildman–Crippen MR) is 70.8 cm³/mol. The number of nitrogens with two attached hydrogens (primary N) is 1. The number of rotatable bonds is 7. The standard InChI is InChI=1S/C12H17N3O2S/c13-4-2-1-3-9(11(16)17)7-10-8-15-5-6-18-12(15)14-10/h5-6,8-9H,1-4,7,13H2,(H,16,17). The smallest absolute Gasteiger partial charge is 0.306 e. The van der Waals surface area contributed by atoms with Crippen LogP contribution in [0, 0.1) is 5.92 Å². The number of hydrogen-bond acceptors (Lipinski definition) is 4. The first kappa shape index (κ1) is 13.0. The number of carboxylic acid groups (broad SMARTS) is 1. The molecule has 0 amide bonds. The summed E-state index contributed by atoms with van der Waals surface area (Å²) in [5.74, 6) is -1.11. The van der Waals surface area contributed by atoms with Crippen LogP contribution in [0.5, 0.6) is 0 Å². The van der Waals surface area contributed by atoms with Crippen molar-refractivity contribution in [3.8, 4) is 0 Å². The van der Waals surface area contributed by atoms with E-state index in [0.29, 0.717) is 19.4 Å². The van der Waals surface area contributed by atoms with Gasteiger partial charge in [0.2, 0.25) is 0 Å². The molecule has 2 aromatic heterocycles. The Bertz CT molecular complexity index is 492. The molecule has 0 aliphatic rings. The molecule has 5 nitrogen and oxygen atoms in total. The quantitative estimate of drug-likeness (QED) is 0.749. The highest BCUT2D eigenvalue weighted by Gasteiger charge is 2.19. The summed E-state index contributed by atoms with van der Waals surface area (Å²) in [6.45, 7) is 0.618. The molecule has 2 aromatic rings. The second-order valence-electron chi connectivity index (χ2n) is 4.35. The third-order valence-electron chi connectivity index (χ3n) is 2.95. The largest absolute Gasteiger partial charge is 0.481 e. The number of fused-ring (bicyclic) bond motifs is 1. The third kappa shape index (κ3) is 3.08. The zero-order valence-electron chi connectivity index (χ0n) is 10.1. The molecule has 1 atom stereocenters. The fraction of sp³-hybridized carbons (Fsp3) is 0.500. The van der Waals surface area contributed by atoms with Crippen LogP contribution in [-0.2, 0) is 11.2 Å². The maximum atomic E-state index is 11.2. The van der Waals surface area contributed by atoms with Crippen molar-refractivity contribution in [1.82, 2.24) is 9.38 Å². The van der Waals surface area contributed by atoms with Gasteiger partial charge in [0.05, 0.1) is 11.6 Å². The number of aromatic nitrogens is 2. The summed E-state index contributed by atoms with van der Waals surface area (Å²) in [6.07, 6.45) is 6.73. The van der Waals surface area contributed by atoms with Crippen LogP contribution in [0.4, 0.5) is 0 Å². The van der Waals surface area contributed by atoms with Gasteiger partial charge in [-0.15, -0.1) is 11.3 Å². The zero-order chi connectivity index (χ0) is 13.0. The molecule has 2 heterocycles. The van der Waals surface area contributed by atoms with Gasteiger partial charge in [-0.05, 0) is 19.4 Å². The van der Waals surface area contributed by atoms with Gasteiger partial charge in [-0.2, -0.15) is 0 Å². The van der Waals surface area contributed by atoms with E-state index in [1.54, 1.807) is 11.3 Å². The van der Waals surface area contributed by atoms with Crippen LogP contribution in [0.25, 0.3) is 4.96 Å². The molecule has 1 unspecified atom stereocenters. The molecule has 0 bridgehead atoms. The van der Waals surface area contributed by atoms with E-state index in [1.807, 2.05) is 22.2 Å². The van der Waals surface area contributed by atoms with Gasteiger partial charge < -0.3 is 10.8 Å². The first-order valence-electron chi connectivity index (χ1n) is 6.04. The minimum absolute atomic E-state index is 0.360. The lowest BCUT2D eigenvalue weighted by Gasteiger charge is -2.09. The summed E-state index contributed by atoms with van der Waals surface area (Å²) in [4.78, 5) is 16.5. The van der Waals surface area contributed by atoms with Gasteiger partial charge in [-0.1, -0.05) is 6.42 Å². The summed E-state index contributed by atoms with van der Waals surface area (Å²) in [7, 11) is 0. The number of nitrogens with zero attached hydrogens (tertiary/aromatic N) is 2. The minimum atomic E-state index is -0.747. The van der Waals surface area contributed by atoms with Gasteiger partial charge in [0, 0.05) is 24.2 Å². The number of carboxylic acids is 1. The maximum absolute atomic E-state index is 11.2. The van der Waals surface area contributed by atoms with Crippen molar-refractivity contribution in [2.75, 3.05) is 6.54 Å². The Balaban J connectivity index is 1.99. The van der Waals surface area contributed by atoms with Crippen LogP contribution in [0.1, 0.15) is 25.0 Å². The van der Waals surface area contributed by atoms with E-state index in [1.165, 1.54) is 0 Å². The number of thiazole rings is 1. The van der Waals surface area contributed by atoms with Crippen molar-refractivity contribution in [3.63, 3.8) is 0 Å². The third-order valence-corrected chi connectivity index (χ3v) is 3.73. The molecular weight excluding hydrogens is 250 g/mol. The lowest BCUT2D eigenvalue weighted by Crippen LogP contribution is -2.17. The number of aliphatic carboxylic acids is 1. The average Bonchev–Trinajstić information content (AvgIpc) is 2.88. The molecule has 0 fully saturated rings. The summed E-state index contributed by atoms with van der Waals surface area (Å²) in [6, 6.07) is 0. The Morgan fingerprint density at radius 2 is 2.39 bits per heavy atom. The second kappa shape index (κ2) is 5.97. The van der Waals surface area contributed by atoms with Crippen LogP contribution in [0.3, 0.4) is 0 Å². The SMILES string of the molecule is NCCCCC(Cc1cn2ccsc2n1)C(=O)O. The van der Waals surface area contributed by atoms with E-state index >= 15 is 0 Å².